The molecule has 2 N–H and O–H groups in total. The summed E-state index contributed by atoms with van der Waals surface area (Å²) in [6, 6.07) is 0.893. The number of aromatic amines is 1. The zero-order valence-electron chi connectivity index (χ0n) is 16.2. The molecule has 5 heterocycles. The molecule has 2 aromatic heterocycles. The van der Waals surface area contributed by atoms with Crippen LogP contribution in [0.15, 0.2) is 30.0 Å². The summed E-state index contributed by atoms with van der Waals surface area (Å²) in [6.07, 6.45) is 12.4. The summed E-state index contributed by atoms with van der Waals surface area (Å²) in [6.45, 7) is 1.99. The van der Waals surface area contributed by atoms with Crippen LogP contribution in [0.25, 0.3) is 4.91 Å². The Labute approximate surface area is 178 Å². The molecule has 152 valence electrons. The van der Waals surface area contributed by atoms with Crippen molar-refractivity contribution in [2.24, 2.45) is 11.8 Å². The van der Waals surface area contributed by atoms with E-state index in [0.29, 0.717) is 23.9 Å². The van der Waals surface area contributed by atoms with E-state index in [-0.39, 0.29) is 11.3 Å². The topological polar surface area (TPSA) is 83.8 Å². The van der Waals surface area contributed by atoms with Crippen LogP contribution in [0.1, 0.15) is 36.3 Å². The number of thioether (sulfide) groups is 1. The van der Waals surface area contributed by atoms with E-state index in [9.17, 15) is 4.79 Å². The number of nitrogens with zero attached hydrogens (tertiary/aromatic N) is 3. The van der Waals surface area contributed by atoms with E-state index in [1.165, 1.54) is 22.8 Å². The molecule has 29 heavy (non-hydrogen) atoms. The predicted octanol–water partition coefficient (Wildman–Crippen LogP) is 2.88. The molecular weight excluding hydrogens is 402 g/mol. The van der Waals surface area contributed by atoms with E-state index in [1.807, 2.05) is 18.6 Å². The van der Waals surface area contributed by atoms with Gasteiger partial charge in [0.05, 0.1) is 12.1 Å². The molecule has 3 aliphatic heterocycles. The number of rotatable bonds is 4. The predicted molar refractivity (Wildman–Crippen MR) is 116 cm³/mol. The molecule has 1 saturated carbocycles. The second-order valence-electron chi connectivity index (χ2n) is 8.80. The molecule has 5 atom stereocenters. The average Bonchev–Trinajstić information content (AvgIpc) is 3.25. The number of hydrogen-bond acceptors (Lipinski definition) is 6. The van der Waals surface area contributed by atoms with Crippen molar-refractivity contribution < 1.29 is 4.79 Å². The zero-order valence-corrected chi connectivity index (χ0v) is 17.8. The Hall–Kier alpha value is -1.64. The summed E-state index contributed by atoms with van der Waals surface area (Å²) in [5.41, 5.74) is 1.21. The number of fused-ring (bicyclic) bond motifs is 1. The number of H-pyrrole nitrogens is 1. The van der Waals surface area contributed by atoms with Crippen LogP contribution in [0.4, 0.5) is 0 Å². The van der Waals surface area contributed by atoms with E-state index >= 15 is 0 Å². The molecule has 0 aromatic carbocycles. The number of thiazole rings is 1. The van der Waals surface area contributed by atoms with E-state index in [0.717, 1.165) is 37.2 Å². The molecule has 6 nitrogen and oxygen atoms in total. The summed E-state index contributed by atoms with van der Waals surface area (Å²) in [4.78, 5) is 21.7. The van der Waals surface area contributed by atoms with Crippen LogP contribution >= 0.6 is 23.1 Å². The minimum absolute atomic E-state index is 0.0161. The van der Waals surface area contributed by atoms with Gasteiger partial charge in [0.15, 0.2) is 0 Å². The van der Waals surface area contributed by atoms with Crippen LogP contribution in [-0.4, -0.2) is 56.9 Å². The van der Waals surface area contributed by atoms with Crippen molar-refractivity contribution in [3.05, 3.63) is 40.6 Å². The van der Waals surface area contributed by atoms with Crippen molar-refractivity contribution >= 4 is 33.9 Å². The van der Waals surface area contributed by atoms with Crippen molar-refractivity contribution in [1.29, 1.82) is 0 Å². The second kappa shape index (κ2) is 6.96. The number of nitrogens with one attached hydrogen (secondary N) is 2. The molecule has 0 spiro atoms. The van der Waals surface area contributed by atoms with Crippen LogP contribution in [0.3, 0.4) is 0 Å². The monoisotopic (exact) mass is 427 g/mol. The van der Waals surface area contributed by atoms with E-state index in [2.05, 4.69) is 31.9 Å². The minimum Gasteiger partial charge on any atom is -0.339 e. The van der Waals surface area contributed by atoms with Crippen LogP contribution in [0.2, 0.25) is 0 Å². The Morgan fingerprint density at radius 1 is 1.34 bits per heavy atom. The summed E-state index contributed by atoms with van der Waals surface area (Å²) in [5.74, 6) is 1.75. The largest absolute Gasteiger partial charge is 0.339 e. The Bertz CT molecular complexity index is 923. The first-order valence-corrected chi connectivity index (χ1v) is 12.4. The third-order valence-corrected chi connectivity index (χ3v) is 9.41. The summed E-state index contributed by atoms with van der Waals surface area (Å²) in [7, 11) is 0. The van der Waals surface area contributed by atoms with Gasteiger partial charge in [0.25, 0.3) is 0 Å². The van der Waals surface area contributed by atoms with Gasteiger partial charge in [-0.15, -0.1) is 23.1 Å². The lowest BCUT2D eigenvalue weighted by atomic mass is 9.81. The molecule has 1 aliphatic carbocycles. The van der Waals surface area contributed by atoms with Crippen LogP contribution < -0.4 is 5.32 Å². The van der Waals surface area contributed by atoms with Gasteiger partial charge in [0.1, 0.15) is 5.01 Å². The quantitative estimate of drug-likeness (QED) is 0.733. The molecule has 0 radical (unpaired) electrons. The second-order valence-corrected chi connectivity index (χ2v) is 10.8. The summed E-state index contributed by atoms with van der Waals surface area (Å²) in [5, 5.41) is 13.9. The van der Waals surface area contributed by atoms with Gasteiger partial charge < -0.3 is 10.2 Å². The summed E-state index contributed by atoms with van der Waals surface area (Å²) >= 11 is 3.56. The first-order valence-electron chi connectivity index (χ1n) is 10.5. The van der Waals surface area contributed by atoms with Crippen LogP contribution in [0, 0.1) is 11.8 Å². The zero-order chi connectivity index (χ0) is 19.4. The van der Waals surface area contributed by atoms with Gasteiger partial charge in [0, 0.05) is 64.6 Å². The smallest absolute Gasteiger partial charge is 0.230 e. The maximum absolute atomic E-state index is 13.6. The highest BCUT2D eigenvalue weighted by molar-refractivity contribution is 8.08. The highest BCUT2D eigenvalue weighted by Crippen LogP contribution is 2.53. The fourth-order valence-electron chi connectivity index (χ4n) is 5.76. The van der Waals surface area contributed by atoms with Crippen molar-refractivity contribution in [2.75, 3.05) is 18.8 Å². The van der Waals surface area contributed by atoms with E-state index in [4.69, 9.17) is 4.98 Å². The number of carbonyl (C=O) groups excluding carboxylic acids is 1. The first-order chi connectivity index (χ1) is 14.2. The minimum atomic E-state index is -0.0161. The van der Waals surface area contributed by atoms with Crippen LogP contribution in [0.5, 0.6) is 0 Å². The average molecular weight is 428 g/mol. The normalized spacial score (nSPS) is 36.1. The lowest BCUT2D eigenvalue weighted by Crippen LogP contribution is -2.48. The third kappa shape index (κ3) is 2.99. The first kappa shape index (κ1) is 18.2. The molecule has 6 rings (SSSR count). The van der Waals surface area contributed by atoms with Crippen molar-refractivity contribution in [2.45, 2.75) is 43.2 Å². The fourth-order valence-corrected chi connectivity index (χ4v) is 7.81. The van der Waals surface area contributed by atoms with Gasteiger partial charge in [-0.2, -0.15) is 5.10 Å². The van der Waals surface area contributed by atoms with Gasteiger partial charge in [-0.05, 0) is 31.6 Å². The van der Waals surface area contributed by atoms with Crippen molar-refractivity contribution in [3.63, 3.8) is 0 Å². The van der Waals surface area contributed by atoms with Gasteiger partial charge in [-0.25, -0.2) is 4.98 Å². The van der Waals surface area contributed by atoms with Gasteiger partial charge in [-0.1, -0.05) is 6.08 Å². The van der Waals surface area contributed by atoms with Gasteiger partial charge in [-0.3, -0.25) is 9.89 Å². The Morgan fingerprint density at radius 2 is 2.28 bits per heavy atom. The Balaban J connectivity index is 1.25. The Kier molecular flexibility index (Phi) is 4.36. The van der Waals surface area contributed by atoms with Crippen LogP contribution in [-0.2, 0) is 10.2 Å². The number of hydrogen-bond donors (Lipinski definition) is 2. The number of likely N-dealkylation sites (tertiary alicyclic amines) is 1. The van der Waals surface area contributed by atoms with Crippen molar-refractivity contribution in [1.82, 2.24) is 25.4 Å². The standard InChI is InChI=1S/C21H25N5OS2/c27-19(14-6-17(29-12-14)15-9-24-25-10-15)26-4-1-2-13-7-21(8-16(13)26,18-11-23-18)20-22-3-5-28-20/h3,5-6,9-10,13-14,16,18,23H,1-2,4,7-8,11-12H2,(H,24,25)/t13?,14?,16?,18-,21?/m0/s1. The molecule has 8 heteroatoms. The van der Waals surface area contributed by atoms with Crippen molar-refractivity contribution in [3.8, 4) is 0 Å². The molecule has 2 saturated heterocycles. The third-order valence-electron chi connectivity index (χ3n) is 7.21. The molecule has 2 aromatic rings. The number of piperidine rings is 1. The maximum atomic E-state index is 13.6. The Morgan fingerprint density at radius 3 is 3.03 bits per heavy atom. The molecule has 0 bridgehead atoms. The number of carbonyl (C=O) groups is 1. The highest BCUT2D eigenvalue weighted by Gasteiger charge is 2.58. The molecule has 1 amide bonds. The summed E-state index contributed by atoms with van der Waals surface area (Å²) < 4.78 is 0. The lowest BCUT2D eigenvalue weighted by Gasteiger charge is -2.39. The number of amides is 1. The van der Waals surface area contributed by atoms with Gasteiger partial charge in [0.2, 0.25) is 5.91 Å². The van der Waals surface area contributed by atoms with E-state index in [1.54, 1.807) is 23.1 Å². The number of aromatic nitrogens is 3. The fraction of sp³-hybridized carbons (Fsp3) is 0.571. The molecule has 3 fully saturated rings. The maximum Gasteiger partial charge on any atom is 0.230 e. The SMILES string of the molecule is O=C(C1C=C(c2cn[nH]c2)SC1)N1CCCC2CC(c3nccs3)([C@@H]3CN3)CC21. The van der Waals surface area contributed by atoms with Gasteiger partial charge >= 0.3 is 0 Å². The lowest BCUT2D eigenvalue weighted by molar-refractivity contribution is -0.138. The molecule has 4 unspecified atom stereocenters. The highest BCUT2D eigenvalue weighted by atomic mass is 32.2. The molecule has 4 aliphatic rings. The molecular formula is C21H25N5OS2. The van der Waals surface area contributed by atoms with E-state index < -0.39 is 0 Å².